The maximum Gasteiger partial charge on any atom is 0.279 e. The molecule has 13 heavy (non-hydrogen) atoms. The summed E-state index contributed by atoms with van der Waals surface area (Å²) in [4.78, 5) is 0. The standard InChI is InChI=1S/C7H15N3O2S/c11-13(12)9-4-5-10(13)6-7-2-1-3-8-7/h7-9H,1-6H2/t7-/m0/s1. The summed E-state index contributed by atoms with van der Waals surface area (Å²) in [6, 6.07) is 0.356. The predicted molar refractivity (Wildman–Crippen MR) is 49.5 cm³/mol. The molecule has 0 aromatic rings. The van der Waals surface area contributed by atoms with Gasteiger partial charge in [-0.2, -0.15) is 12.7 Å². The molecule has 0 saturated carbocycles. The zero-order valence-electron chi connectivity index (χ0n) is 7.49. The first kappa shape index (κ1) is 9.39. The van der Waals surface area contributed by atoms with Gasteiger partial charge in [-0.15, -0.1) is 0 Å². The third-order valence-electron chi connectivity index (χ3n) is 2.57. The van der Waals surface area contributed by atoms with Gasteiger partial charge < -0.3 is 5.32 Å². The Hall–Kier alpha value is -0.170. The zero-order valence-corrected chi connectivity index (χ0v) is 8.31. The van der Waals surface area contributed by atoms with Crippen LogP contribution in [-0.4, -0.2) is 44.9 Å². The molecule has 2 rings (SSSR count). The average Bonchev–Trinajstić information content (AvgIpc) is 2.63. The van der Waals surface area contributed by atoms with Crippen molar-refractivity contribution in [2.75, 3.05) is 26.2 Å². The molecular formula is C7H15N3O2S. The van der Waals surface area contributed by atoms with Crippen molar-refractivity contribution < 1.29 is 8.42 Å². The Kier molecular flexibility index (Phi) is 2.55. The molecule has 0 unspecified atom stereocenters. The van der Waals surface area contributed by atoms with Crippen molar-refractivity contribution in [1.82, 2.24) is 14.3 Å². The van der Waals surface area contributed by atoms with E-state index in [1.807, 2.05) is 0 Å². The molecule has 0 amide bonds. The second kappa shape index (κ2) is 3.53. The molecule has 2 N–H and O–H groups in total. The van der Waals surface area contributed by atoms with E-state index in [1.165, 1.54) is 4.31 Å². The summed E-state index contributed by atoms with van der Waals surface area (Å²) in [5, 5.41) is 3.29. The molecule has 2 fully saturated rings. The molecule has 2 aliphatic heterocycles. The van der Waals surface area contributed by atoms with E-state index >= 15 is 0 Å². The summed E-state index contributed by atoms with van der Waals surface area (Å²) in [6.45, 7) is 2.80. The highest BCUT2D eigenvalue weighted by Crippen LogP contribution is 2.11. The van der Waals surface area contributed by atoms with E-state index < -0.39 is 10.2 Å². The van der Waals surface area contributed by atoms with Gasteiger partial charge in [-0.1, -0.05) is 0 Å². The average molecular weight is 205 g/mol. The number of hydrogen-bond donors (Lipinski definition) is 2. The number of nitrogens with one attached hydrogen (secondary N) is 2. The van der Waals surface area contributed by atoms with Crippen molar-refractivity contribution in [3.05, 3.63) is 0 Å². The van der Waals surface area contributed by atoms with Gasteiger partial charge in [0.15, 0.2) is 0 Å². The molecule has 2 aliphatic rings. The molecule has 0 spiro atoms. The van der Waals surface area contributed by atoms with Crippen LogP contribution in [0.5, 0.6) is 0 Å². The van der Waals surface area contributed by atoms with Gasteiger partial charge in [-0.3, -0.25) is 0 Å². The van der Waals surface area contributed by atoms with Gasteiger partial charge in [0.1, 0.15) is 0 Å². The van der Waals surface area contributed by atoms with E-state index in [2.05, 4.69) is 10.0 Å². The third-order valence-corrected chi connectivity index (χ3v) is 4.15. The van der Waals surface area contributed by atoms with E-state index in [-0.39, 0.29) is 0 Å². The molecule has 0 aliphatic carbocycles. The first-order chi connectivity index (χ1) is 6.18. The number of rotatable bonds is 2. The first-order valence-corrected chi connectivity index (χ1v) is 6.10. The molecule has 2 saturated heterocycles. The van der Waals surface area contributed by atoms with Crippen LogP contribution in [0.1, 0.15) is 12.8 Å². The van der Waals surface area contributed by atoms with Crippen LogP contribution in [0.25, 0.3) is 0 Å². The molecule has 0 aromatic carbocycles. The maximum absolute atomic E-state index is 11.3. The molecule has 76 valence electrons. The highest BCUT2D eigenvalue weighted by molar-refractivity contribution is 7.87. The van der Waals surface area contributed by atoms with E-state index in [1.54, 1.807) is 0 Å². The zero-order chi connectivity index (χ0) is 9.31. The van der Waals surface area contributed by atoms with Gasteiger partial charge in [0.25, 0.3) is 10.2 Å². The van der Waals surface area contributed by atoms with Crippen LogP contribution in [0.3, 0.4) is 0 Å². The molecule has 5 nitrogen and oxygen atoms in total. The fourth-order valence-electron chi connectivity index (χ4n) is 1.86. The lowest BCUT2D eigenvalue weighted by molar-refractivity contribution is 0.398. The highest BCUT2D eigenvalue weighted by atomic mass is 32.2. The molecule has 2 heterocycles. The lowest BCUT2D eigenvalue weighted by atomic mass is 10.2. The van der Waals surface area contributed by atoms with Crippen molar-refractivity contribution in [2.45, 2.75) is 18.9 Å². The van der Waals surface area contributed by atoms with Crippen molar-refractivity contribution >= 4 is 10.2 Å². The first-order valence-electron chi connectivity index (χ1n) is 4.66. The van der Waals surface area contributed by atoms with Crippen molar-refractivity contribution in [2.24, 2.45) is 0 Å². The van der Waals surface area contributed by atoms with Crippen LogP contribution in [0.15, 0.2) is 0 Å². The summed E-state index contributed by atoms with van der Waals surface area (Å²) in [7, 11) is -3.13. The van der Waals surface area contributed by atoms with Crippen molar-refractivity contribution in [3.63, 3.8) is 0 Å². The Morgan fingerprint density at radius 2 is 2.23 bits per heavy atom. The van der Waals surface area contributed by atoms with Gasteiger partial charge in [-0.05, 0) is 19.4 Å². The minimum atomic E-state index is -3.13. The lowest BCUT2D eigenvalue weighted by Gasteiger charge is -2.17. The molecule has 1 atom stereocenters. The Morgan fingerprint density at radius 1 is 1.38 bits per heavy atom. The predicted octanol–water partition coefficient (Wildman–Crippen LogP) is -1.11. The molecule has 6 heteroatoms. The van der Waals surface area contributed by atoms with Crippen molar-refractivity contribution in [3.8, 4) is 0 Å². The van der Waals surface area contributed by atoms with Crippen LogP contribution >= 0.6 is 0 Å². The normalized spacial score (nSPS) is 34.0. The van der Waals surface area contributed by atoms with E-state index in [9.17, 15) is 8.42 Å². The summed E-state index contributed by atoms with van der Waals surface area (Å²) in [5.41, 5.74) is 0. The third kappa shape index (κ3) is 2.01. The SMILES string of the molecule is O=S1(=O)NCCN1C[C@@H]1CCCN1. The van der Waals surface area contributed by atoms with Crippen LogP contribution in [0.4, 0.5) is 0 Å². The minimum Gasteiger partial charge on any atom is -0.313 e. The van der Waals surface area contributed by atoms with Crippen LogP contribution in [-0.2, 0) is 10.2 Å². The Labute approximate surface area is 78.7 Å². The van der Waals surface area contributed by atoms with E-state index in [0.29, 0.717) is 25.7 Å². The molecular weight excluding hydrogens is 190 g/mol. The van der Waals surface area contributed by atoms with Crippen LogP contribution in [0, 0.1) is 0 Å². The van der Waals surface area contributed by atoms with Crippen LogP contribution in [0.2, 0.25) is 0 Å². The maximum atomic E-state index is 11.3. The second-order valence-electron chi connectivity index (χ2n) is 3.55. The monoisotopic (exact) mass is 205 g/mol. The Bertz CT molecular complexity index is 271. The molecule has 0 radical (unpaired) electrons. The molecule has 0 bridgehead atoms. The van der Waals surface area contributed by atoms with Gasteiger partial charge in [0.2, 0.25) is 0 Å². The summed E-state index contributed by atoms with van der Waals surface area (Å²) < 4.78 is 26.7. The fourth-order valence-corrected chi connectivity index (χ4v) is 3.10. The fraction of sp³-hybridized carbons (Fsp3) is 1.00. The summed E-state index contributed by atoms with van der Waals surface area (Å²) in [6.07, 6.45) is 2.25. The highest BCUT2D eigenvalue weighted by Gasteiger charge is 2.30. The number of nitrogens with zero attached hydrogens (tertiary/aromatic N) is 1. The quantitative estimate of drug-likeness (QED) is 0.601. The Balaban J connectivity index is 1.94. The van der Waals surface area contributed by atoms with Gasteiger partial charge in [0, 0.05) is 25.7 Å². The largest absolute Gasteiger partial charge is 0.313 e. The van der Waals surface area contributed by atoms with Gasteiger partial charge >= 0.3 is 0 Å². The lowest BCUT2D eigenvalue weighted by Crippen LogP contribution is -2.39. The number of hydrogen-bond acceptors (Lipinski definition) is 3. The topological polar surface area (TPSA) is 61.4 Å². The summed E-state index contributed by atoms with van der Waals surface area (Å²) in [5.74, 6) is 0. The summed E-state index contributed by atoms with van der Waals surface area (Å²) >= 11 is 0. The Morgan fingerprint density at radius 3 is 2.77 bits per heavy atom. The van der Waals surface area contributed by atoms with E-state index in [4.69, 9.17) is 0 Å². The van der Waals surface area contributed by atoms with Gasteiger partial charge in [0.05, 0.1) is 0 Å². The van der Waals surface area contributed by atoms with Gasteiger partial charge in [-0.25, -0.2) is 4.72 Å². The smallest absolute Gasteiger partial charge is 0.279 e. The minimum absolute atomic E-state index is 0.356. The molecule has 0 aromatic heterocycles. The van der Waals surface area contributed by atoms with Crippen LogP contribution < -0.4 is 10.0 Å². The second-order valence-corrected chi connectivity index (χ2v) is 5.31. The van der Waals surface area contributed by atoms with E-state index in [0.717, 1.165) is 19.4 Å². The van der Waals surface area contributed by atoms with Crippen molar-refractivity contribution in [1.29, 1.82) is 0 Å².